The highest BCUT2D eigenvalue weighted by Crippen LogP contribution is 2.38. The smallest absolute Gasteiger partial charge is 0.387 e. The van der Waals surface area contributed by atoms with Gasteiger partial charge in [-0.3, -0.25) is 23.4 Å². The highest BCUT2D eigenvalue weighted by molar-refractivity contribution is 7.46. The summed E-state index contributed by atoms with van der Waals surface area (Å²) in [6.45, 7) is -0.866. The van der Waals surface area contributed by atoms with Crippen LogP contribution in [-0.2, 0) is 20.4 Å². The first-order chi connectivity index (χ1) is 16.1. The number of hydrogen-bond donors (Lipinski definition) is 4. The van der Waals surface area contributed by atoms with Crippen LogP contribution < -0.4 is 11.2 Å². The summed E-state index contributed by atoms with van der Waals surface area (Å²) in [6, 6.07) is 14.1. The Kier molecular flexibility index (Phi) is 6.91. The minimum atomic E-state index is -4.84. The Hall–Kier alpha value is -2.96. The van der Waals surface area contributed by atoms with Crippen molar-refractivity contribution < 1.29 is 33.8 Å². The van der Waals surface area contributed by atoms with Gasteiger partial charge in [-0.05, 0) is 11.6 Å². The molecule has 34 heavy (non-hydrogen) atoms. The molecule has 0 amide bonds. The molecule has 0 saturated carbocycles. The second-order valence-corrected chi connectivity index (χ2v) is 8.91. The summed E-state index contributed by atoms with van der Waals surface area (Å²) in [4.78, 5) is 47.4. The third-order valence-electron chi connectivity index (χ3n) is 5.37. The molecule has 4 rings (SSSR count). The summed E-state index contributed by atoms with van der Waals surface area (Å²) in [5, 5.41) is 20.5. The lowest BCUT2D eigenvalue weighted by Gasteiger charge is -2.18. The summed E-state index contributed by atoms with van der Waals surface area (Å²) in [5.41, 5.74) is 0.836. The van der Waals surface area contributed by atoms with Crippen LogP contribution in [0.4, 0.5) is 0 Å². The van der Waals surface area contributed by atoms with Crippen molar-refractivity contribution >= 4 is 7.82 Å². The van der Waals surface area contributed by atoms with Gasteiger partial charge in [0.15, 0.2) is 6.23 Å². The topological polar surface area (TPSA) is 173 Å². The van der Waals surface area contributed by atoms with Crippen molar-refractivity contribution in [3.8, 4) is 11.1 Å². The molecular weight excluding hydrogens is 469 g/mol. The van der Waals surface area contributed by atoms with Crippen LogP contribution in [0.2, 0.25) is 0 Å². The number of phosphoric acid groups is 1. The lowest BCUT2D eigenvalue weighted by atomic mass is 10.1. The zero-order chi connectivity index (χ0) is 24.5. The van der Waals surface area contributed by atoms with Gasteiger partial charge in [-0.2, -0.15) is 0 Å². The SMILES string of the molecule is O=c1ccn([C@@H]2O[C@H](COP(=O)(O)O)C(O)[C@@H]2O)c(=O)n1Cc1ccc(-c2ccccc2)cn1. The average molecular weight is 491 g/mol. The second kappa shape index (κ2) is 9.72. The predicted molar refractivity (Wildman–Crippen MR) is 118 cm³/mol. The number of phosphoric ester groups is 1. The maximum atomic E-state index is 13.0. The Labute approximate surface area is 192 Å². The lowest BCUT2D eigenvalue weighted by molar-refractivity contribution is -0.0548. The van der Waals surface area contributed by atoms with Gasteiger partial charge in [-0.1, -0.05) is 36.4 Å². The molecule has 3 aromatic rings. The molecule has 1 aliphatic heterocycles. The molecule has 2 aromatic heterocycles. The van der Waals surface area contributed by atoms with E-state index in [0.29, 0.717) is 5.69 Å². The van der Waals surface area contributed by atoms with Gasteiger partial charge < -0.3 is 24.7 Å². The van der Waals surface area contributed by atoms with E-state index in [4.69, 9.17) is 14.5 Å². The molecule has 13 heteroatoms. The Morgan fingerprint density at radius 3 is 2.38 bits per heavy atom. The van der Waals surface area contributed by atoms with Crippen molar-refractivity contribution in [2.45, 2.75) is 31.1 Å². The van der Waals surface area contributed by atoms with Crippen molar-refractivity contribution in [2.24, 2.45) is 0 Å². The number of rotatable bonds is 7. The molecule has 1 fully saturated rings. The fourth-order valence-corrected chi connectivity index (χ4v) is 3.96. The van der Waals surface area contributed by atoms with Gasteiger partial charge in [0.05, 0.1) is 18.8 Å². The van der Waals surface area contributed by atoms with Crippen LogP contribution in [0.15, 0.2) is 70.5 Å². The maximum absolute atomic E-state index is 13.0. The highest BCUT2D eigenvalue weighted by atomic mass is 31.2. The van der Waals surface area contributed by atoms with Crippen molar-refractivity contribution in [3.05, 3.63) is 87.5 Å². The Morgan fingerprint density at radius 2 is 1.74 bits per heavy atom. The van der Waals surface area contributed by atoms with E-state index in [-0.39, 0.29) is 6.54 Å². The fraction of sp³-hybridized carbons (Fsp3) is 0.286. The number of aromatic nitrogens is 3. The number of aliphatic hydroxyl groups excluding tert-OH is 2. The van der Waals surface area contributed by atoms with E-state index in [2.05, 4.69) is 9.51 Å². The first kappa shape index (κ1) is 24.2. The van der Waals surface area contributed by atoms with Gasteiger partial charge in [0.2, 0.25) is 0 Å². The molecule has 0 spiro atoms. The van der Waals surface area contributed by atoms with Crippen molar-refractivity contribution in [1.29, 1.82) is 0 Å². The third-order valence-corrected chi connectivity index (χ3v) is 5.85. The monoisotopic (exact) mass is 491 g/mol. The van der Waals surface area contributed by atoms with E-state index in [1.54, 1.807) is 12.3 Å². The van der Waals surface area contributed by atoms with E-state index in [0.717, 1.165) is 32.5 Å². The third kappa shape index (κ3) is 5.24. The molecule has 1 saturated heterocycles. The van der Waals surface area contributed by atoms with E-state index >= 15 is 0 Å². The number of benzene rings is 1. The number of pyridine rings is 1. The minimum Gasteiger partial charge on any atom is -0.387 e. The molecule has 3 heterocycles. The molecule has 1 aliphatic rings. The number of hydrogen-bond acceptors (Lipinski definition) is 8. The Morgan fingerprint density at radius 1 is 1.00 bits per heavy atom. The van der Waals surface area contributed by atoms with E-state index < -0.39 is 50.2 Å². The van der Waals surface area contributed by atoms with Crippen LogP contribution in [0.25, 0.3) is 11.1 Å². The average Bonchev–Trinajstić information content (AvgIpc) is 3.09. The molecule has 1 aromatic carbocycles. The van der Waals surface area contributed by atoms with Gasteiger partial charge in [-0.25, -0.2) is 9.36 Å². The summed E-state index contributed by atoms with van der Waals surface area (Å²) < 4.78 is 22.5. The largest absolute Gasteiger partial charge is 0.469 e. The summed E-state index contributed by atoms with van der Waals surface area (Å²) in [5.74, 6) is 0. The predicted octanol–water partition coefficient (Wildman–Crippen LogP) is -0.151. The molecule has 180 valence electrons. The molecule has 4 N–H and O–H groups in total. The Balaban J connectivity index is 1.56. The maximum Gasteiger partial charge on any atom is 0.469 e. The molecule has 12 nitrogen and oxygen atoms in total. The molecule has 1 unspecified atom stereocenters. The first-order valence-electron chi connectivity index (χ1n) is 10.2. The van der Waals surface area contributed by atoms with Crippen LogP contribution in [-0.4, -0.2) is 59.0 Å². The van der Waals surface area contributed by atoms with E-state index in [9.17, 15) is 24.4 Å². The molecule has 0 bridgehead atoms. The molecule has 0 radical (unpaired) electrons. The molecular formula is C21H22N3O9P. The van der Waals surface area contributed by atoms with Gasteiger partial charge in [0, 0.05) is 24.0 Å². The van der Waals surface area contributed by atoms with Crippen molar-refractivity contribution in [3.63, 3.8) is 0 Å². The standard InChI is InChI=1S/C21H22N3O9P/c25-17-8-9-23(20-19(27)18(26)16(33-20)12-32-34(29,30)31)21(28)24(17)11-15-7-6-14(10-22-15)13-4-2-1-3-5-13/h1-10,16,18-20,26-27H,11-12H2,(H2,29,30,31)/t16-,18?,19+,20-/m1/s1. The van der Waals surface area contributed by atoms with Crippen molar-refractivity contribution in [1.82, 2.24) is 14.1 Å². The molecule has 4 atom stereocenters. The summed E-state index contributed by atoms with van der Waals surface area (Å²) >= 11 is 0. The lowest BCUT2D eigenvalue weighted by Crippen LogP contribution is -2.43. The van der Waals surface area contributed by atoms with Crippen LogP contribution >= 0.6 is 7.82 Å². The van der Waals surface area contributed by atoms with Gasteiger partial charge in [-0.15, -0.1) is 0 Å². The van der Waals surface area contributed by atoms with Crippen LogP contribution in [0, 0.1) is 0 Å². The summed E-state index contributed by atoms with van der Waals surface area (Å²) in [7, 11) is -4.84. The van der Waals surface area contributed by atoms with Crippen LogP contribution in [0.3, 0.4) is 0 Å². The first-order valence-corrected chi connectivity index (χ1v) is 11.7. The zero-order valence-corrected chi connectivity index (χ0v) is 18.5. The van der Waals surface area contributed by atoms with E-state index in [1.165, 1.54) is 0 Å². The number of aliphatic hydroxyl groups is 2. The fourth-order valence-electron chi connectivity index (χ4n) is 3.62. The highest BCUT2D eigenvalue weighted by Gasteiger charge is 2.45. The normalized spacial score (nSPS) is 22.7. The minimum absolute atomic E-state index is 0.149. The summed E-state index contributed by atoms with van der Waals surface area (Å²) in [6.07, 6.45) is -3.18. The number of ether oxygens (including phenoxy) is 1. The van der Waals surface area contributed by atoms with Gasteiger partial charge >= 0.3 is 13.5 Å². The van der Waals surface area contributed by atoms with Gasteiger partial charge in [0.25, 0.3) is 5.56 Å². The van der Waals surface area contributed by atoms with Gasteiger partial charge in [0.1, 0.15) is 18.3 Å². The Bertz CT molecular complexity index is 1300. The van der Waals surface area contributed by atoms with Crippen molar-refractivity contribution in [2.75, 3.05) is 6.61 Å². The second-order valence-electron chi connectivity index (χ2n) is 7.67. The number of nitrogens with zero attached hydrogens (tertiary/aromatic N) is 3. The van der Waals surface area contributed by atoms with Crippen LogP contribution in [0.1, 0.15) is 11.9 Å². The van der Waals surface area contributed by atoms with Crippen LogP contribution in [0.5, 0.6) is 0 Å². The van der Waals surface area contributed by atoms with E-state index in [1.807, 2.05) is 36.4 Å². The zero-order valence-electron chi connectivity index (χ0n) is 17.6. The molecule has 0 aliphatic carbocycles. The quantitative estimate of drug-likeness (QED) is 0.326.